The molecule has 0 saturated carbocycles. The molecule has 0 N–H and O–H groups in total. The standard InChI is InChI=1S/C21H24INO4/c1-3-26-11-12-27-21(25)18-13(2)23-16-5-4-6-17(24)20(16)19(18)14-7-9-15(22)10-8-14/h7-10,18-19H,3-6,11-12H2,1-2H3/t18?,19-/m0/s1. The molecule has 3 rings (SSSR count). The molecular weight excluding hydrogens is 457 g/mol. The van der Waals surface area contributed by atoms with E-state index in [1.54, 1.807) is 0 Å². The maximum absolute atomic E-state index is 12.9. The lowest BCUT2D eigenvalue weighted by molar-refractivity contribution is -0.148. The second-order valence-electron chi connectivity index (χ2n) is 6.76. The van der Waals surface area contributed by atoms with Crippen LogP contribution in [-0.4, -0.2) is 37.3 Å². The van der Waals surface area contributed by atoms with E-state index in [1.807, 2.05) is 38.1 Å². The molecule has 1 heterocycles. The Kier molecular flexibility index (Phi) is 6.81. The number of rotatable bonds is 6. The zero-order chi connectivity index (χ0) is 19.4. The fraction of sp³-hybridized carbons (Fsp3) is 0.476. The molecular formula is C21H24INO4. The summed E-state index contributed by atoms with van der Waals surface area (Å²) in [6.45, 7) is 4.91. The van der Waals surface area contributed by atoms with E-state index < -0.39 is 5.92 Å². The number of nitrogens with zero attached hydrogens (tertiary/aromatic N) is 1. The molecule has 1 aromatic rings. The highest BCUT2D eigenvalue weighted by Gasteiger charge is 2.43. The van der Waals surface area contributed by atoms with Crippen molar-refractivity contribution in [1.82, 2.24) is 0 Å². The Morgan fingerprint density at radius 2 is 1.96 bits per heavy atom. The van der Waals surface area contributed by atoms with Gasteiger partial charge in [0.05, 0.1) is 6.61 Å². The van der Waals surface area contributed by atoms with E-state index in [9.17, 15) is 9.59 Å². The number of carbonyl (C=O) groups is 2. The minimum atomic E-state index is -0.576. The number of hydrogen-bond donors (Lipinski definition) is 0. The van der Waals surface area contributed by atoms with Crippen LogP contribution in [0, 0.1) is 9.49 Å². The summed E-state index contributed by atoms with van der Waals surface area (Å²) in [6.07, 6.45) is 2.11. The number of ether oxygens (including phenoxy) is 2. The minimum Gasteiger partial charge on any atom is -0.463 e. The zero-order valence-corrected chi connectivity index (χ0v) is 17.8. The van der Waals surface area contributed by atoms with Crippen molar-refractivity contribution < 1.29 is 19.1 Å². The van der Waals surface area contributed by atoms with E-state index in [0.717, 1.165) is 27.7 Å². The average Bonchev–Trinajstić information content (AvgIpc) is 2.65. The van der Waals surface area contributed by atoms with Gasteiger partial charge in [-0.25, -0.2) is 0 Å². The van der Waals surface area contributed by atoms with Crippen molar-refractivity contribution in [3.05, 3.63) is 44.7 Å². The number of hydrogen-bond acceptors (Lipinski definition) is 5. The van der Waals surface area contributed by atoms with Gasteiger partial charge in [-0.3, -0.25) is 14.6 Å². The molecule has 1 aliphatic heterocycles. The molecule has 5 nitrogen and oxygen atoms in total. The number of aliphatic imine (C=N–C) groups is 1. The normalized spacial score (nSPS) is 22.3. The summed E-state index contributed by atoms with van der Waals surface area (Å²) in [5, 5.41) is 0. The molecule has 1 aromatic carbocycles. The van der Waals surface area contributed by atoms with Crippen LogP contribution in [0.15, 0.2) is 40.5 Å². The third-order valence-corrected chi connectivity index (χ3v) is 5.71. The van der Waals surface area contributed by atoms with Gasteiger partial charge in [0.1, 0.15) is 12.5 Å². The lowest BCUT2D eigenvalue weighted by Gasteiger charge is -2.34. The smallest absolute Gasteiger partial charge is 0.315 e. The first-order valence-electron chi connectivity index (χ1n) is 9.34. The Bertz CT molecular complexity index is 782. The molecule has 2 atom stereocenters. The number of allylic oxidation sites excluding steroid dienone is 2. The monoisotopic (exact) mass is 481 g/mol. The van der Waals surface area contributed by atoms with Gasteiger partial charge in [0.15, 0.2) is 5.78 Å². The lowest BCUT2D eigenvalue weighted by Crippen LogP contribution is -2.37. The maximum atomic E-state index is 12.9. The zero-order valence-electron chi connectivity index (χ0n) is 15.7. The summed E-state index contributed by atoms with van der Waals surface area (Å²) in [4.78, 5) is 30.3. The first-order chi connectivity index (χ1) is 13.0. The second kappa shape index (κ2) is 9.10. The quantitative estimate of drug-likeness (QED) is 0.350. The number of esters is 1. The van der Waals surface area contributed by atoms with Crippen LogP contribution in [0.1, 0.15) is 44.6 Å². The fourth-order valence-electron chi connectivity index (χ4n) is 3.78. The first-order valence-corrected chi connectivity index (χ1v) is 10.4. The predicted molar refractivity (Wildman–Crippen MR) is 112 cm³/mol. The summed E-state index contributed by atoms with van der Waals surface area (Å²) < 4.78 is 11.8. The Hall–Kier alpha value is -1.54. The van der Waals surface area contributed by atoms with Gasteiger partial charge in [-0.1, -0.05) is 12.1 Å². The SMILES string of the molecule is CCOCCOC(=O)C1C(C)=NC2=C(C(=O)CCC2)[C@H]1c1ccc(I)cc1. The molecule has 0 spiro atoms. The maximum Gasteiger partial charge on any atom is 0.315 e. The average molecular weight is 481 g/mol. The summed E-state index contributed by atoms with van der Waals surface area (Å²) in [7, 11) is 0. The minimum absolute atomic E-state index is 0.100. The van der Waals surface area contributed by atoms with Crippen molar-refractivity contribution in [3.8, 4) is 0 Å². The molecule has 27 heavy (non-hydrogen) atoms. The summed E-state index contributed by atoms with van der Waals surface area (Å²) in [6, 6.07) is 8.00. The number of Topliss-reactive ketones (excluding diaryl/α,β-unsaturated/α-hetero) is 1. The molecule has 1 aliphatic carbocycles. The number of halogens is 1. The van der Waals surface area contributed by atoms with Gasteiger partial charge < -0.3 is 9.47 Å². The van der Waals surface area contributed by atoms with Crippen LogP contribution in [-0.2, 0) is 19.1 Å². The first kappa shape index (κ1) is 20.2. The van der Waals surface area contributed by atoms with E-state index in [4.69, 9.17) is 9.47 Å². The number of benzene rings is 1. The van der Waals surface area contributed by atoms with E-state index in [0.29, 0.717) is 30.9 Å². The van der Waals surface area contributed by atoms with E-state index in [2.05, 4.69) is 27.6 Å². The Morgan fingerprint density at radius 1 is 1.22 bits per heavy atom. The molecule has 6 heteroatoms. The van der Waals surface area contributed by atoms with Crippen molar-refractivity contribution in [1.29, 1.82) is 0 Å². The van der Waals surface area contributed by atoms with Crippen LogP contribution in [0.4, 0.5) is 0 Å². The van der Waals surface area contributed by atoms with Crippen molar-refractivity contribution in [3.63, 3.8) is 0 Å². The van der Waals surface area contributed by atoms with Crippen LogP contribution < -0.4 is 0 Å². The van der Waals surface area contributed by atoms with Crippen LogP contribution in [0.2, 0.25) is 0 Å². The van der Waals surface area contributed by atoms with Gasteiger partial charge in [-0.2, -0.15) is 0 Å². The van der Waals surface area contributed by atoms with Gasteiger partial charge >= 0.3 is 5.97 Å². The summed E-state index contributed by atoms with van der Waals surface area (Å²) in [5.41, 5.74) is 3.21. The van der Waals surface area contributed by atoms with E-state index in [-0.39, 0.29) is 24.3 Å². The summed E-state index contributed by atoms with van der Waals surface area (Å²) in [5.74, 6) is -1.15. The summed E-state index contributed by atoms with van der Waals surface area (Å²) >= 11 is 2.25. The van der Waals surface area contributed by atoms with Crippen LogP contribution >= 0.6 is 22.6 Å². The molecule has 0 amide bonds. The van der Waals surface area contributed by atoms with Crippen molar-refractivity contribution >= 4 is 40.1 Å². The van der Waals surface area contributed by atoms with Crippen molar-refractivity contribution in [2.45, 2.75) is 39.0 Å². The van der Waals surface area contributed by atoms with Crippen LogP contribution in [0.5, 0.6) is 0 Å². The third kappa shape index (κ3) is 4.48. The molecule has 0 bridgehead atoms. The van der Waals surface area contributed by atoms with E-state index in [1.165, 1.54) is 0 Å². The fourth-order valence-corrected chi connectivity index (χ4v) is 4.14. The highest BCUT2D eigenvalue weighted by atomic mass is 127. The number of carbonyl (C=O) groups excluding carboxylic acids is 2. The lowest BCUT2D eigenvalue weighted by atomic mass is 9.72. The van der Waals surface area contributed by atoms with Crippen molar-refractivity contribution in [2.24, 2.45) is 10.9 Å². The molecule has 2 aliphatic rings. The topological polar surface area (TPSA) is 65.0 Å². The predicted octanol–water partition coefficient (Wildman–Crippen LogP) is 4.05. The molecule has 144 valence electrons. The second-order valence-corrected chi connectivity index (χ2v) is 8.01. The van der Waals surface area contributed by atoms with Crippen molar-refractivity contribution in [2.75, 3.05) is 19.8 Å². The van der Waals surface area contributed by atoms with Crippen LogP contribution in [0.3, 0.4) is 0 Å². The molecule has 0 fully saturated rings. The van der Waals surface area contributed by atoms with Crippen LogP contribution in [0.25, 0.3) is 0 Å². The highest BCUT2D eigenvalue weighted by Crippen LogP contribution is 2.43. The molecule has 0 saturated heterocycles. The Labute approximate surface area is 173 Å². The van der Waals surface area contributed by atoms with Gasteiger partial charge in [0.2, 0.25) is 0 Å². The molecule has 0 aromatic heterocycles. The third-order valence-electron chi connectivity index (χ3n) is 4.99. The van der Waals surface area contributed by atoms with Gasteiger partial charge in [-0.05, 0) is 67.0 Å². The number of ketones is 1. The van der Waals surface area contributed by atoms with E-state index >= 15 is 0 Å². The Balaban J connectivity index is 1.96. The Morgan fingerprint density at radius 3 is 2.67 bits per heavy atom. The largest absolute Gasteiger partial charge is 0.463 e. The highest BCUT2D eigenvalue weighted by molar-refractivity contribution is 14.1. The van der Waals surface area contributed by atoms with Gasteiger partial charge in [0, 0.05) is 39.5 Å². The molecule has 0 radical (unpaired) electrons. The van der Waals surface area contributed by atoms with Gasteiger partial charge in [-0.15, -0.1) is 0 Å². The van der Waals surface area contributed by atoms with Gasteiger partial charge in [0.25, 0.3) is 0 Å². The molecule has 1 unspecified atom stereocenters.